The molecule has 0 bridgehead atoms. The van der Waals surface area contributed by atoms with Crippen LogP contribution in [0.15, 0.2) is 55.0 Å². The Morgan fingerprint density at radius 2 is 2.00 bits per heavy atom. The van der Waals surface area contributed by atoms with E-state index in [2.05, 4.69) is 16.2 Å². The Morgan fingerprint density at radius 1 is 1.18 bits per heavy atom. The zero-order chi connectivity index (χ0) is 23.7. The molecule has 2 aromatic carbocycles. The number of hydrogen-bond acceptors (Lipinski definition) is 5. The van der Waals surface area contributed by atoms with Crippen LogP contribution in [-0.4, -0.2) is 31.4 Å². The van der Waals surface area contributed by atoms with Gasteiger partial charge in [-0.15, -0.1) is 0 Å². The van der Waals surface area contributed by atoms with Crippen molar-refractivity contribution in [3.8, 4) is 17.5 Å². The summed E-state index contributed by atoms with van der Waals surface area (Å²) in [7, 11) is 1.65. The number of nitriles is 1. The van der Waals surface area contributed by atoms with Crippen molar-refractivity contribution in [3.05, 3.63) is 88.5 Å². The summed E-state index contributed by atoms with van der Waals surface area (Å²) in [5.41, 5.74) is 2.86. The van der Waals surface area contributed by atoms with Crippen LogP contribution in [0.5, 0.6) is 5.75 Å². The molecule has 0 aliphatic carbocycles. The van der Waals surface area contributed by atoms with Crippen LogP contribution in [0.25, 0.3) is 17.8 Å². The number of aryl methyl sites for hydroxylation is 2. The molecular weight excluding hydrogens is 448 g/mol. The first-order valence-electron chi connectivity index (χ1n) is 11.0. The van der Waals surface area contributed by atoms with Crippen LogP contribution in [-0.2, 0) is 12.0 Å². The van der Waals surface area contributed by atoms with Gasteiger partial charge in [-0.1, -0.05) is 35.9 Å². The molecule has 0 spiro atoms. The summed E-state index contributed by atoms with van der Waals surface area (Å²) >= 11 is 6.07. The lowest BCUT2D eigenvalue weighted by atomic mass is 9.75. The summed E-state index contributed by atoms with van der Waals surface area (Å²) in [4.78, 5) is 9.05. The van der Waals surface area contributed by atoms with E-state index < -0.39 is 5.41 Å². The van der Waals surface area contributed by atoms with Crippen molar-refractivity contribution in [2.24, 2.45) is 0 Å². The lowest BCUT2D eigenvalue weighted by molar-refractivity contribution is 0.393. The van der Waals surface area contributed by atoms with Gasteiger partial charge in [0.2, 0.25) is 0 Å². The van der Waals surface area contributed by atoms with Crippen molar-refractivity contribution in [1.29, 1.82) is 5.26 Å². The van der Waals surface area contributed by atoms with Gasteiger partial charge in [0.05, 0.1) is 30.9 Å². The Labute approximate surface area is 202 Å². The number of imidazole rings is 1. The molecule has 34 heavy (non-hydrogen) atoms. The molecule has 1 aliphatic rings. The van der Waals surface area contributed by atoms with Crippen LogP contribution in [0.2, 0.25) is 5.02 Å². The van der Waals surface area contributed by atoms with Gasteiger partial charge in [-0.3, -0.25) is 0 Å². The highest BCUT2D eigenvalue weighted by Crippen LogP contribution is 2.39. The predicted molar refractivity (Wildman–Crippen MR) is 131 cm³/mol. The van der Waals surface area contributed by atoms with E-state index in [-0.39, 0.29) is 0 Å². The van der Waals surface area contributed by atoms with Gasteiger partial charge in [0.1, 0.15) is 11.2 Å². The fraction of sp³-hybridized carbons (Fsp3) is 0.231. The number of fused-ring (bicyclic) bond motifs is 1. The molecule has 5 rings (SSSR count). The molecule has 0 saturated carbocycles. The highest BCUT2D eigenvalue weighted by molar-refractivity contribution is 6.30. The van der Waals surface area contributed by atoms with Crippen LogP contribution in [0.3, 0.4) is 0 Å². The van der Waals surface area contributed by atoms with Crippen LogP contribution in [0, 0.1) is 18.3 Å². The molecule has 0 amide bonds. The summed E-state index contributed by atoms with van der Waals surface area (Å²) in [6, 6.07) is 15.9. The number of benzene rings is 2. The molecule has 170 valence electrons. The van der Waals surface area contributed by atoms with Gasteiger partial charge in [0.25, 0.3) is 0 Å². The normalized spacial score (nSPS) is 17.5. The van der Waals surface area contributed by atoms with Gasteiger partial charge in [-0.2, -0.15) is 10.4 Å². The van der Waals surface area contributed by atoms with Crippen molar-refractivity contribution in [1.82, 2.24) is 24.3 Å². The molecule has 0 unspecified atom stereocenters. The van der Waals surface area contributed by atoms with E-state index in [9.17, 15) is 5.26 Å². The minimum atomic E-state index is -0.838. The number of rotatable bonds is 5. The van der Waals surface area contributed by atoms with Crippen molar-refractivity contribution in [2.45, 2.75) is 31.7 Å². The van der Waals surface area contributed by atoms with Crippen molar-refractivity contribution in [3.63, 3.8) is 0 Å². The number of methoxy groups -OCH3 is 1. The number of hydrogen-bond donors (Lipinski definition) is 0. The summed E-state index contributed by atoms with van der Waals surface area (Å²) < 4.78 is 9.39. The fourth-order valence-electron chi connectivity index (χ4n) is 4.42. The quantitative estimate of drug-likeness (QED) is 0.400. The Bertz CT molecular complexity index is 1410. The number of aromatic nitrogens is 5. The second-order valence-corrected chi connectivity index (χ2v) is 8.77. The zero-order valence-electron chi connectivity index (χ0n) is 18.9. The number of nitrogens with zero attached hydrogens (tertiary/aromatic N) is 6. The second kappa shape index (κ2) is 8.81. The van der Waals surface area contributed by atoms with Crippen molar-refractivity contribution < 1.29 is 4.74 Å². The molecule has 4 aromatic rings. The summed E-state index contributed by atoms with van der Waals surface area (Å²) in [5.74, 6) is 1.98. The molecule has 1 atom stereocenters. The summed E-state index contributed by atoms with van der Waals surface area (Å²) in [5, 5.41) is 15.5. The zero-order valence-corrected chi connectivity index (χ0v) is 19.7. The Kier molecular flexibility index (Phi) is 5.68. The SMILES string of the molecule is COc1cc(C=Cc2nc3n(n2)CCC[C@]3(C#N)c2ccc(Cl)cc2)ccc1-n1cnc(C)c1. The van der Waals surface area contributed by atoms with Crippen LogP contribution in [0.1, 0.15) is 41.3 Å². The molecule has 0 saturated heterocycles. The lowest BCUT2D eigenvalue weighted by Gasteiger charge is -2.30. The lowest BCUT2D eigenvalue weighted by Crippen LogP contribution is -2.34. The monoisotopic (exact) mass is 470 g/mol. The molecule has 0 radical (unpaired) electrons. The highest BCUT2D eigenvalue weighted by atomic mass is 35.5. The minimum absolute atomic E-state index is 0.568. The summed E-state index contributed by atoms with van der Waals surface area (Å²) in [6.45, 7) is 2.69. The van der Waals surface area contributed by atoms with Crippen molar-refractivity contribution in [2.75, 3.05) is 7.11 Å². The average molecular weight is 471 g/mol. The van der Waals surface area contributed by atoms with Crippen LogP contribution >= 0.6 is 11.6 Å². The van der Waals surface area contributed by atoms with E-state index in [1.807, 2.05) is 77.0 Å². The maximum atomic E-state index is 10.2. The van der Waals surface area contributed by atoms with Gasteiger partial charge in [-0.05, 0) is 61.2 Å². The van der Waals surface area contributed by atoms with Gasteiger partial charge >= 0.3 is 0 Å². The number of halogens is 1. The van der Waals surface area contributed by atoms with E-state index in [0.29, 0.717) is 23.1 Å². The molecule has 0 fully saturated rings. The number of ether oxygens (including phenoxy) is 1. The minimum Gasteiger partial charge on any atom is -0.495 e. The van der Waals surface area contributed by atoms with E-state index in [1.54, 1.807) is 13.4 Å². The van der Waals surface area contributed by atoms with Crippen LogP contribution in [0.4, 0.5) is 0 Å². The van der Waals surface area contributed by atoms with Gasteiger partial charge < -0.3 is 9.30 Å². The average Bonchev–Trinajstić information content (AvgIpc) is 3.49. The summed E-state index contributed by atoms with van der Waals surface area (Å²) in [6.07, 6.45) is 9.08. The van der Waals surface area contributed by atoms with E-state index in [0.717, 1.165) is 41.2 Å². The van der Waals surface area contributed by atoms with E-state index in [1.165, 1.54) is 0 Å². The molecule has 2 aromatic heterocycles. The third-order valence-corrected chi connectivity index (χ3v) is 6.39. The molecular formula is C26H23ClN6O. The van der Waals surface area contributed by atoms with E-state index >= 15 is 0 Å². The second-order valence-electron chi connectivity index (χ2n) is 8.33. The highest BCUT2D eigenvalue weighted by Gasteiger charge is 2.42. The first kappa shape index (κ1) is 21.9. The molecule has 0 N–H and O–H groups in total. The van der Waals surface area contributed by atoms with E-state index in [4.69, 9.17) is 21.3 Å². The predicted octanol–water partition coefficient (Wildman–Crippen LogP) is 5.21. The molecule has 1 aliphatic heterocycles. The smallest absolute Gasteiger partial charge is 0.174 e. The first-order valence-corrected chi connectivity index (χ1v) is 11.4. The Balaban J connectivity index is 1.46. The van der Waals surface area contributed by atoms with Crippen molar-refractivity contribution >= 4 is 23.8 Å². The van der Waals surface area contributed by atoms with Gasteiger partial charge in [0, 0.05) is 17.8 Å². The largest absolute Gasteiger partial charge is 0.495 e. The Morgan fingerprint density at radius 3 is 2.71 bits per heavy atom. The third kappa shape index (κ3) is 3.87. The molecule has 8 heteroatoms. The van der Waals surface area contributed by atoms with Crippen LogP contribution < -0.4 is 4.74 Å². The first-order chi connectivity index (χ1) is 16.5. The maximum Gasteiger partial charge on any atom is 0.174 e. The maximum absolute atomic E-state index is 10.2. The van der Waals surface area contributed by atoms with Gasteiger partial charge in [-0.25, -0.2) is 14.6 Å². The topological polar surface area (TPSA) is 81.5 Å². The molecule has 7 nitrogen and oxygen atoms in total. The fourth-order valence-corrected chi connectivity index (χ4v) is 4.55. The standard InChI is InChI=1S/C26H23ClN6O/c1-18-15-32(17-29-18)22-10-4-19(14-23(22)34-2)5-11-24-30-25-26(16-28,12-3-13-33(25)31-24)20-6-8-21(27)9-7-20/h4-11,14-15,17H,3,12-13H2,1-2H3/t26-/m0/s1. The third-order valence-electron chi connectivity index (χ3n) is 6.14. The Hall–Kier alpha value is -3.89. The van der Waals surface area contributed by atoms with Gasteiger partial charge in [0.15, 0.2) is 11.6 Å². The molecule has 3 heterocycles.